The number of carbonyl (C=O) groups is 2. The molecular formula is C10H13N3O3. The van der Waals surface area contributed by atoms with E-state index in [9.17, 15) is 9.59 Å². The summed E-state index contributed by atoms with van der Waals surface area (Å²) in [6.45, 7) is 4.99. The lowest BCUT2D eigenvalue weighted by Gasteiger charge is -2.13. The molecule has 1 N–H and O–H groups in total. The fourth-order valence-corrected chi connectivity index (χ4v) is 1.06. The smallest absolute Gasteiger partial charge is 0.246 e. The summed E-state index contributed by atoms with van der Waals surface area (Å²) < 4.78 is 4.78. The highest BCUT2D eigenvalue weighted by atomic mass is 16.5. The van der Waals surface area contributed by atoms with E-state index in [0.717, 1.165) is 6.08 Å². The Kier molecular flexibility index (Phi) is 3.82. The molecular weight excluding hydrogens is 210 g/mol. The Labute approximate surface area is 92.9 Å². The van der Waals surface area contributed by atoms with E-state index in [1.165, 1.54) is 11.9 Å². The third kappa shape index (κ3) is 3.23. The molecule has 0 aliphatic rings. The first-order chi connectivity index (χ1) is 7.52. The molecule has 0 saturated heterocycles. The monoisotopic (exact) mass is 223 g/mol. The van der Waals surface area contributed by atoms with Crippen LogP contribution in [0.15, 0.2) is 23.2 Å². The number of anilines is 1. The lowest BCUT2D eigenvalue weighted by Crippen LogP contribution is -2.33. The van der Waals surface area contributed by atoms with Crippen molar-refractivity contribution in [3.8, 4) is 0 Å². The Balaban J connectivity index is 2.48. The summed E-state index contributed by atoms with van der Waals surface area (Å²) in [5.41, 5.74) is 0. The Bertz CT molecular complexity index is 411. The van der Waals surface area contributed by atoms with Crippen LogP contribution in [0.3, 0.4) is 0 Å². The molecule has 0 atom stereocenters. The highest BCUT2D eigenvalue weighted by molar-refractivity contribution is 5.95. The van der Waals surface area contributed by atoms with E-state index in [1.54, 1.807) is 13.0 Å². The molecule has 1 aromatic heterocycles. The van der Waals surface area contributed by atoms with Crippen molar-refractivity contribution >= 4 is 17.6 Å². The molecule has 0 aromatic carbocycles. The van der Waals surface area contributed by atoms with E-state index in [4.69, 9.17) is 4.52 Å². The second-order valence-electron chi connectivity index (χ2n) is 3.27. The number of hydrogen-bond acceptors (Lipinski definition) is 4. The summed E-state index contributed by atoms with van der Waals surface area (Å²) in [4.78, 5) is 23.8. The van der Waals surface area contributed by atoms with Gasteiger partial charge in [-0.1, -0.05) is 11.7 Å². The molecule has 6 nitrogen and oxygen atoms in total. The van der Waals surface area contributed by atoms with Crippen LogP contribution in [0.2, 0.25) is 0 Å². The van der Waals surface area contributed by atoms with E-state index in [0.29, 0.717) is 11.6 Å². The predicted molar refractivity (Wildman–Crippen MR) is 57.7 cm³/mol. The van der Waals surface area contributed by atoms with Gasteiger partial charge in [-0.15, -0.1) is 0 Å². The number of likely N-dealkylation sites (N-methyl/N-ethyl adjacent to an activating group) is 1. The molecule has 0 unspecified atom stereocenters. The number of nitrogens with one attached hydrogen (secondary N) is 1. The van der Waals surface area contributed by atoms with Crippen molar-refractivity contribution in [3.05, 3.63) is 24.5 Å². The molecule has 1 heterocycles. The SMILES string of the molecule is C=CC(=O)N(C)CC(=O)Nc1cc(C)on1. The summed E-state index contributed by atoms with van der Waals surface area (Å²) in [6, 6.07) is 1.59. The first kappa shape index (κ1) is 12.0. The molecule has 1 rings (SSSR count). The van der Waals surface area contributed by atoms with E-state index in [-0.39, 0.29) is 18.4 Å². The highest BCUT2D eigenvalue weighted by Gasteiger charge is 2.11. The van der Waals surface area contributed by atoms with Gasteiger partial charge in [0.1, 0.15) is 5.76 Å². The number of aryl methyl sites for hydroxylation is 1. The van der Waals surface area contributed by atoms with Gasteiger partial charge in [0.05, 0.1) is 6.54 Å². The third-order valence-corrected chi connectivity index (χ3v) is 1.83. The zero-order chi connectivity index (χ0) is 12.1. The molecule has 1 aromatic rings. The lowest BCUT2D eigenvalue weighted by molar-refractivity contribution is -0.129. The Morgan fingerprint density at radius 2 is 2.38 bits per heavy atom. The minimum absolute atomic E-state index is 0.0588. The zero-order valence-electron chi connectivity index (χ0n) is 9.19. The number of rotatable bonds is 4. The summed E-state index contributed by atoms with van der Waals surface area (Å²) in [5.74, 6) is 0.283. The molecule has 86 valence electrons. The van der Waals surface area contributed by atoms with Gasteiger partial charge in [0.25, 0.3) is 0 Å². The Hall–Kier alpha value is -2.11. The van der Waals surface area contributed by atoms with Crippen LogP contribution in [0.25, 0.3) is 0 Å². The minimum Gasteiger partial charge on any atom is -0.360 e. The largest absolute Gasteiger partial charge is 0.360 e. The van der Waals surface area contributed by atoms with E-state index < -0.39 is 0 Å². The predicted octanol–water partition coefficient (Wildman–Crippen LogP) is 0.566. The molecule has 0 aliphatic heterocycles. The second kappa shape index (κ2) is 5.11. The van der Waals surface area contributed by atoms with E-state index in [1.807, 2.05) is 0 Å². The maximum absolute atomic E-state index is 11.4. The maximum Gasteiger partial charge on any atom is 0.246 e. The number of amides is 2. The normalized spacial score (nSPS) is 9.62. The molecule has 0 spiro atoms. The third-order valence-electron chi connectivity index (χ3n) is 1.83. The van der Waals surface area contributed by atoms with Gasteiger partial charge >= 0.3 is 0 Å². The maximum atomic E-state index is 11.4. The molecule has 0 fully saturated rings. The minimum atomic E-state index is -0.342. The van der Waals surface area contributed by atoms with Crippen molar-refractivity contribution in [2.75, 3.05) is 18.9 Å². The summed E-state index contributed by atoms with van der Waals surface area (Å²) >= 11 is 0. The van der Waals surface area contributed by atoms with Gasteiger partial charge in [0.15, 0.2) is 5.82 Å². The van der Waals surface area contributed by atoms with Crippen molar-refractivity contribution < 1.29 is 14.1 Å². The van der Waals surface area contributed by atoms with Gasteiger partial charge in [-0.25, -0.2) is 0 Å². The summed E-state index contributed by atoms with van der Waals surface area (Å²) in [6.07, 6.45) is 1.15. The molecule has 6 heteroatoms. The van der Waals surface area contributed by atoms with Gasteiger partial charge in [-0.3, -0.25) is 9.59 Å². The van der Waals surface area contributed by atoms with Crippen LogP contribution >= 0.6 is 0 Å². The van der Waals surface area contributed by atoms with Crippen molar-refractivity contribution in [1.82, 2.24) is 10.1 Å². The molecule has 16 heavy (non-hydrogen) atoms. The van der Waals surface area contributed by atoms with Gasteiger partial charge in [0.2, 0.25) is 11.8 Å². The molecule has 0 aliphatic carbocycles. The fraction of sp³-hybridized carbons (Fsp3) is 0.300. The Morgan fingerprint density at radius 3 is 2.88 bits per heavy atom. The second-order valence-corrected chi connectivity index (χ2v) is 3.27. The van der Waals surface area contributed by atoms with Crippen LogP contribution in [-0.4, -0.2) is 35.5 Å². The van der Waals surface area contributed by atoms with Crippen molar-refractivity contribution in [1.29, 1.82) is 0 Å². The van der Waals surface area contributed by atoms with Gasteiger partial charge in [0, 0.05) is 13.1 Å². The van der Waals surface area contributed by atoms with Crippen LogP contribution in [-0.2, 0) is 9.59 Å². The highest BCUT2D eigenvalue weighted by Crippen LogP contribution is 2.06. The molecule has 2 amide bonds. The molecule has 0 radical (unpaired) electrons. The first-order valence-electron chi connectivity index (χ1n) is 4.63. The topological polar surface area (TPSA) is 75.4 Å². The van der Waals surface area contributed by atoms with Crippen LogP contribution < -0.4 is 5.32 Å². The quantitative estimate of drug-likeness (QED) is 0.757. The molecule has 0 saturated carbocycles. The average molecular weight is 223 g/mol. The lowest BCUT2D eigenvalue weighted by atomic mass is 10.4. The first-order valence-corrected chi connectivity index (χ1v) is 4.63. The number of aromatic nitrogens is 1. The van der Waals surface area contributed by atoms with Crippen LogP contribution in [0.5, 0.6) is 0 Å². The summed E-state index contributed by atoms with van der Waals surface area (Å²) in [5, 5.41) is 6.10. The van der Waals surface area contributed by atoms with E-state index >= 15 is 0 Å². The van der Waals surface area contributed by atoms with Crippen molar-refractivity contribution in [3.63, 3.8) is 0 Å². The van der Waals surface area contributed by atoms with Crippen LogP contribution in [0.4, 0.5) is 5.82 Å². The van der Waals surface area contributed by atoms with Gasteiger partial charge < -0.3 is 14.7 Å². The zero-order valence-corrected chi connectivity index (χ0v) is 9.19. The number of nitrogens with zero attached hydrogens (tertiary/aromatic N) is 2. The number of hydrogen-bond donors (Lipinski definition) is 1. The fourth-order valence-electron chi connectivity index (χ4n) is 1.06. The number of carbonyl (C=O) groups excluding carboxylic acids is 2. The van der Waals surface area contributed by atoms with Crippen LogP contribution in [0, 0.1) is 6.92 Å². The van der Waals surface area contributed by atoms with Crippen LogP contribution in [0.1, 0.15) is 5.76 Å². The standard InChI is InChI=1S/C10H13N3O3/c1-4-10(15)13(3)6-9(14)11-8-5-7(2)16-12-8/h4-5H,1,6H2,2-3H3,(H,11,12,14). The average Bonchev–Trinajstić information content (AvgIpc) is 2.62. The van der Waals surface area contributed by atoms with Gasteiger partial charge in [-0.2, -0.15) is 0 Å². The van der Waals surface area contributed by atoms with Crippen molar-refractivity contribution in [2.24, 2.45) is 0 Å². The van der Waals surface area contributed by atoms with E-state index in [2.05, 4.69) is 17.1 Å². The molecule has 0 bridgehead atoms. The van der Waals surface area contributed by atoms with Crippen molar-refractivity contribution in [2.45, 2.75) is 6.92 Å². The Morgan fingerprint density at radius 1 is 1.69 bits per heavy atom. The summed E-state index contributed by atoms with van der Waals surface area (Å²) in [7, 11) is 1.51. The van der Waals surface area contributed by atoms with Gasteiger partial charge in [-0.05, 0) is 13.0 Å².